The fraction of sp³-hybridized carbons (Fsp3) is 0.167. The lowest BCUT2D eigenvalue weighted by atomic mass is 10.2. The maximum atomic E-state index is 11.0. The molecule has 1 aliphatic rings. The highest BCUT2D eigenvalue weighted by atomic mass is 16.4. The van der Waals surface area contributed by atoms with Gasteiger partial charge in [-0.25, -0.2) is 14.8 Å². The number of aliphatic carboxylic acids is 1. The third-order valence-corrected chi connectivity index (χ3v) is 1.83. The highest BCUT2D eigenvalue weighted by molar-refractivity contribution is 5.89. The van der Waals surface area contributed by atoms with Crippen molar-refractivity contribution in [1.82, 2.24) is 15.2 Å². The van der Waals surface area contributed by atoms with Crippen molar-refractivity contribution in [2.75, 3.05) is 0 Å². The SMILES string of the molecule is NC(=O)c1n[nH]c(C2(C(=O)O)N=CN=N2)n1. The summed E-state index contributed by atoms with van der Waals surface area (Å²) in [6.07, 6.45) is 0.973. The van der Waals surface area contributed by atoms with Gasteiger partial charge < -0.3 is 10.8 Å². The van der Waals surface area contributed by atoms with Crippen molar-refractivity contribution in [1.29, 1.82) is 0 Å². The van der Waals surface area contributed by atoms with Gasteiger partial charge in [0.1, 0.15) is 6.34 Å². The van der Waals surface area contributed by atoms with Crippen molar-refractivity contribution in [2.24, 2.45) is 21.0 Å². The molecule has 0 saturated carbocycles. The van der Waals surface area contributed by atoms with Crippen molar-refractivity contribution < 1.29 is 14.7 Å². The number of H-pyrrole nitrogens is 1. The van der Waals surface area contributed by atoms with Crippen LogP contribution in [0.5, 0.6) is 0 Å². The number of primary amides is 1. The average Bonchev–Trinajstić information content (AvgIpc) is 2.87. The standard InChI is InChI=1S/C6H5N7O3/c7-2(14)3-10-4(12-11-3)6(5(15)16)8-1-9-13-6/h1H,(H2,7,14)(H,15,16)(H,10,11,12). The fourth-order valence-electron chi connectivity index (χ4n) is 1.08. The van der Waals surface area contributed by atoms with Crippen LogP contribution in [-0.2, 0) is 10.5 Å². The number of aromatic amines is 1. The number of carbonyl (C=O) groups is 2. The Hall–Kier alpha value is -2.65. The Morgan fingerprint density at radius 3 is 2.69 bits per heavy atom. The molecular weight excluding hydrogens is 218 g/mol. The lowest BCUT2D eigenvalue weighted by Crippen LogP contribution is -2.31. The summed E-state index contributed by atoms with van der Waals surface area (Å²) in [5.41, 5.74) is 2.92. The van der Waals surface area contributed by atoms with E-state index in [0.717, 1.165) is 6.34 Å². The Morgan fingerprint density at radius 2 is 2.25 bits per heavy atom. The van der Waals surface area contributed by atoms with Gasteiger partial charge in [-0.3, -0.25) is 9.89 Å². The van der Waals surface area contributed by atoms with Gasteiger partial charge in [-0.05, 0) is 0 Å². The third-order valence-electron chi connectivity index (χ3n) is 1.83. The number of carboxylic acids is 1. The molecule has 0 aromatic carbocycles. The first-order chi connectivity index (χ1) is 7.56. The zero-order chi connectivity index (χ0) is 11.8. The number of rotatable bonds is 3. The van der Waals surface area contributed by atoms with E-state index in [1.807, 2.05) is 0 Å². The molecule has 2 heterocycles. The van der Waals surface area contributed by atoms with Crippen LogP contribution in [0.15, 0.2) is 15.2 Å². The van der Waals surface area contributed by atoms with E-state index in [-0.39, 0.29) is 11.6 Å². The number of carboxylic acid groups (broad SMARTS) is 1. The molecule has 82 valence electrons. The highest BCUT2D eigenvalue weighted by Gasteiger charge is 2.46. The molecule has 4 N–H and O–H groups in total. The zero-order valence-electron chi connectivity index (χ0n) is 7.65. The van der Waals surface area contributed by atoms with Gasteiger partial charge in [0.2, 0.25) is 5.82 Å². The summed E-state index contributed by atoms with van der Waals surface area (Å²) in [6.45, 7) is 0. The van der Waals surface area contributed by atoms with Crippen molar-refractivity contribution in [2.45, 2.75) is 5.66 Å². The van der Waals surface area contributed by atoms with Crippen LogP contribution in [0.25, 0.3) is 0 Å². The summed E-state index contributed by atoms with van der Waals surface area (Å²) in [7, 11) is 0. The van der Waals surface area contributed by atoms with E-state index >= 15 is 0 Å². The first-order valence-electron chi connectivity index (χ1n) is 3.98. The molecule has 0 aliphatic carbocycles. The monoisotopic (exact) mass is 223 g/mol. The lowest BCUT2D eigenvalue weighted by Gasteiger charge is -2.11. The molecule has 1 atom stereocenters. The Labute approximate surface area is 87.3 Å². The fourth-order valence-corrected chi connectivity index (χ4v) is 1.08. The second-order valence-electron chi connectivity index (χ2n) is 2.81. The average molecular weight is 223 g/mol. The van der Waals surface area contributed by atoms with E-state index in [1.165, 1.54) is 0 Å². The van der Waals surface area contributed by atoms with Gasteiger partial charge in [-0.1, -0.05) is 0 Å². The van der Waals surface area contributed by atoms with Crippen molar-refractivity contribution >= 4 is 18.2 Å². The number of hydrogen-bond donors (Lipinski definition) is 3. The Bertz CT molecular complexity index is 504. The molecule has 1 aromatic rings. The smallest absolute Gasteiger partial charge is 0.364 e. The van der Waals surface area contributed by atoms with E-state index in [9.17, 15) is 9.59 Å². The minimum atomic E-state index is -2.00. The highest BCUT2D eigenvalue weighted by Crippen LogP contribution is 2.28. The number of aromatic nitrogens is 3. The number of hydrogen-bond acceptors (Lipinski definition) is 7. The van der Waals surface area contributed by atoms with Crippen molar-refractivity contribution in [3.05, 3.63) is 11.6 Å². The van der Waals surface area contributed by atoms with Crippen LogP contribution in [0.2, 0.25) is 0 Å². The van der Waals surface area contributed by atoms with E-state index in [2.05, 4.69) is 30.4 Å². The summed E-state index contributed by atoms with van der Waals surface area (Å²) >= 11 is 0. The third kappa shape index (κ3) is 1.24. The summed E-state index contributed by atoms with van der Waals surface area (Å²) in [4.78, 5) is 28.9. The molecule has 2 rings (SSSR count). The van der Waals surface area contributed by atoms with E-state index in [1.54, 1.807) is 0 Å². The number of nitrogens with one attached hydrogen (secondary N) is 1. The van der Waals surface area contributed by atoms with E-state index < -0.39 is 17.5 Å². The van der Waals surface area contributed by atoms with Gasteiger partial charge in [0.05, 0.1) is 0 Å². The first kappa shape index (κ1) is 9.89. The Morgan fingerprint density at radius 1 is 1.50 bits per heavy atom. The summed E-state index contributed by atoms with van der Waals surface area (Å²) in [5.74, 6) is -2.85. The Kier molecular flexibility index (Phi) is 1.97. The maximum Gasteiger partial charge on any atom is 0.364 e. The van der Waals surface area contributed by atoms with Gasteiger partial charge >= 0.3 is 11.6 Å². The molecule has 0 saturated heterocycles. The van der Waals surface area contributed by atoms with E-state index in [0.29, 0.717) is 0 Å². The maximum absolute atomic E-state index is 11.0. The van der Waals surface area contributed by atoms with E-state index in [4.69, 9.17) is 10.8 Å². The van der Waals surface area contributed by atoms with Gasteiger partial charge in [0.25, 0.3) is 5.91 Å². The minimum absolute atomic E-state index is 0.230. The molecule has 10 heteroatoms. The van der Waals surface area contributed by atoms with Crippen molar-refractivity contribution in [3.63, 3.8) is 0 Å². The molecule has 0 spiro atoms. The lowest BCUT2D eigenvalue weighted by molar-refractivity contribution is -0.143. The molecule has 16 heavy (non-hydrogen) atoms. The number of nitrogens with two attached hydrogens (primary N) is 1. The summed E-state index contributed by atoms with van der Waals surface area (Å²) < 4.78 is 0. The number of amides is 1. The molecule has 0 bridgehead atoms. The molecule has 10 nitrogen and oxygen atoms in total. The van der Waals surface area contributed by atoms with Crippen LogP contribution >= 0.6 is 0 Å². The van der Waals surface area contributed by atoms with Crippen LogP contribution < -0.4 is 5.73 Å². The minimum Gasteiger partial charge on any atom is -0.478 e. The van der Waals surface area contributed by atoms with Gasteiger partial charge in [-0.15, -0.1) is 15.3 Å². The Balaban J connectivity index is 2.49. The van der Waals surface area contributed by atoms with Crippen molar-refractivity contribution in [3.8, 4) is 0 Å². The van der Waals surface area contributed by atoms with Gasteiger partial charge in [0, 0.05) is 0 Å². The molecule has 1 amide bonds. The zero-order valence-corrected chi connectivity index (χ0v) is 7.65. The van der Waals surface area contributed by atoms with Crippen LogP contribution in [0.4, 0.5) is 0 Å². The molecule has 1 aromatic heterocycles. The molecule has 1 unspecified atom stereocenters. The van der Waals surface area contributed by atoms with Crippen LogP contribution in [0.1, 0.15) is 16.4 Å². The molecular formula is C6H5N7O3. The first-order valence-corrected chi connectivity index (χ1v) is 3.98. The summed E-state index contributed by atoms with van der Waals surface area (Å²) in [6, 6.07) is 0. The molecule has 1 aliphatic heterocycles. The molecule has 0 fully saturated rings. The second-order valence-corrected chi connectivity index (χ2v) is 2.81. The summed E-state index contributed by atoms with van der Waals surface area (Å²) in [5, 5.41) is 21.4. The van der Waals surface area contributed by atoms with Gasteiger partial charge in [0.15, 0.2) is 5.82 Å². The van der Waals surface area contributed by atoms with Gasteiger partial charge in [-0.2, -0.15) is 0 Å². The van der Waals surface area contributed by atoms with Crippen LogP contribution in [0, 0.1) is 0 Å². The predicted molar refractivity (Wildman–Crippen MR) is 47.6 cm³/mol. The largest absolute Gasteiger partial charge is 0.478 e. The number of carbonyl (C=O) groups excluding carboxylic acids is 1. The topological polar surface area (TPSA) is 159 Å². The van der Waals surface area contributed by atoms with Crippen LogP contribution in [-0.4, -0.2) is 38.5 Å². The predicted octanol–water partition coefficient (Wildman–Crippen LogP) is -1.36. The molecule has 0 radical (unpaired) electrons. The number of azo groups is 1. The number of aliphatic imine (C=N–C) groups is 1. The second kappa shape index (κ2) is 3.18. The van der Waals surface area contributed by atoms with Crippen LogP contribution in [0.3, 0.4) is 0 Å². The quantitative estimate of drug-likeness (QED) is 0.575. The number of nitrogens with zero attached hydrogens (tertiary/aromatic N) is 5. The normalized spacial score (nSPS) is 22.5.